The fourth-order valence-electron chi connectivity index (χ4n) is 5.46. The van der Waals surface area contributed by atoms with Crippen LogP contribution in [0.4, 0.5) is 18.0 Å². The molecular formula is C25H36F3N3O5S. The van der Waals surface area contributed by atoms with Gasteiger partial charge in [0.1, 0.15) is 6.04 Å². The minimum Gasteiger partial charge on any atom is -0.453 e. The number of hydrogen-bond donors (Lipinski definition) is 1. The van der Waals surface area contributed by atoms with Crippen molar-refractivity contribution < 1.29 is 35.9 Å². The number of halogens is 3. The Kier molecular flexibility index (Phi) is 8.53. The van der Waals surface area contributed by atoms with E-state index in [1.165, 1.54) is 16.3 Å². The predicted molar refractivity (Wildman–Crippen MR) is 131 cm³/mol. The summed E-state index contributed by atoms with van der Waals surface area (Å²) < 4.78 is 71.2. The molecule has 2 fully saturated rings. The summed E-state index contributed by atoms with van der Waals surface area (Å²) in [4.78, 5) is 27.2. The summed E-state index contributed by atoms with van der Waals surface area (Å²) in [7, 11) is -2.71. The number of nitrogens with one attached hydrogen (secondary N) is 1. The van der Waals surface area contributed by atoms with E-state index in [0.717, 1.165) is 24.3 Å². The molecule has 1 aromatic rings. The molecule has 0 spiro atoms. The first kappa shape index (κ1) is 29.2. The Labute approximate surface area is 216 Å². The molecule has 1 saturated carbocycles. The van der Waals surface area contributed by atoms with Crippen LogP contribution in [0, 0.1) is 11.8 Å². The van der Waals surface area contributed by atoms with E-state index in [9.17, 15) is 31.2 Å². The summed E-state index contributed by atoms with van der Waals surface area (Å²) in [6.45, 7) is 7.81. The molecule has 37 heavy (non-hydrogen) atoms. The minimum absolute atomic E-state index is 0.0264. The van der Waals surface area contributed by atoms with Gasteiger partial charge >= 0.3 is 12.3 Å². The first-order valence-electron chi connectivity index (χ1n) is 12.5. The van der Waals surface area contributed by atoms with E-state index >= 15 is 0 Å². The zero-order valence-electron chi connectivity index (χ0n) is 21.8. The molecule has 3 rings (SSSR count). The van der Waals surface area contributed by atoms with Gasteiger partial charge in [0, 0.05) is 24.7 Å². The van der Waals surface area contributed by atoms with Crippen LogP contribution in [0.1, 0.15) is 58.9 Å². The van der Waals surface area contributed by atoms with E-state index in [4.69, 9.17) is 4.74 Å². The molecule has 1 aliphatic heterocycles. The van der Waals surface area contributed by atoms with Gasteiger partial charge in [-0.1, -0.05) is 13.3 Å². The molecule has 1 saturated heterocycles. The summed E-state index contributed by atoms with van der Waals surface area (Å²) in [5.41, 5.74) is -1.58. The van der Waals surface area contributed by atoms with Gasteiger partial charge in [0.05, 0.1) is 17.6 Å². The van der Waals surface area contributed by atoms with E-state index in [-0.39, 0.29) is 41.8 Å². The molecule has 208 valence electrons. The maximum Gasteiger partial charge on any atom is 0.416 e. The lowest BCUT2D eigenvalue weighted by molar-refractivity contribution is -0.137. The molecular weight excluding hydrogens is 511 g/mol. The molecule has 12 heteroatoms. The number of amides is 2. The van der Waals surface area contributed by atoms with E-state index in [1.807, 2.05) is 27.7 Å². The van der Waals surface area contributed by atoms with E-state index in [1.54, 1.807) is 0 Å². The van der Waals surface area contributed by atoms with Gasteiger partial charge in [-0.05, 0) is 76.1 Å². The average Bonchev–Trinajstić information content (AvgIpc) is 3.39. The lowest BCUT2D eigenvalue weighted by Crippen LogP contribution is -2.58. The Morgan fingerprint density at radius 2 is 1.76 bits per heavy atom. The summed E-state index contributed by atoms with van der Waals surface area (Å²) in [6.07, 6.45) is -2.65. The number of methoxy groups -OCH3 is 1. The Morgan fingerprint density at radius 1 is 1.14 bits per heavy atom. The summed E-state index contributed by atoms with van der Waals surface area (Å²) in [5.74, 6) is -0.410. The van der Waals surface area contributed by atoms with Crippen LogP contribution in [0.15, 0.2) is 29.2 Å². The predicted octanol–water partition coefficient (Wildman–Crippen LogP) is 4.26. The number of hydrogen-bond acceptors (Lipinski definition) is 5. The van der Waals surface area contributed by atoms with Crippen LogP contribution in [-0.4, -0.2) is 67.4 Å². The molecule has 1 N–H and O–H groups in total. The number of rotatable bonds is 7. The molecule has 0 radical (unpaired) electrons. The normalized spacial score (nSPS) is 23.4. The third-order valence-electron chi connectivity index (χ3n) is 7.24. The smallest absolute Gasteiger partial charge is 0.416 e. The van der Waals surface area contributed by atoms with Gasteiger partial charge in [-0.3, -0.25) is 9.69 Å². The maximum atomic E-state index is 13.4. The molecule has 1 aromatic carbocycles. The highest BCUT2D eigenvalue weighted by atomic mass is 32.2. The second-order valence-electron chi connectivity index (χ2n) is 10.8. The van der Waals surface area contributed by atoms with Crippen molar-refractivity contribution >= 4 is 22.0 Å². The highest BCUT2D eigenvalue weighted by Gasteiger charge is 2.48. The second-order valence-corrected chi connectivity index (χ2v) is 12.7. The average molecular weight is 548 g/mol. The number of benzene rings is 1. The van der Waals surface area contributed by atoms with Gasteiger partial charge in [0.25, 0.3) is 0 Å². The molecule has 2 amide bonds. The largest absolute Gasteiger partial charge is 0.453 e. The molecule has 4 atom stereocenters. The summed E-state index contributed by atoms with van der Waals surface area (Å²) in [6, 6.07) is 2.48. The zero-order valence-corrected chi connectivity index (χ0v) is 22.7. The lowest BCUT2D eigenvalue weighted by atomic mass is 9.96. The lowest BCUT2D eigenvalue weighted by Gasteiger charge is -2.40. The zero-order chi connectivity index (χ0) is 27.8. The van der Waals surface area contributed by atoms with Crippen molar-refractivity contribution in [2.75, 3.05) is 20.2 Å². The van der Waals surface area contributed by atoms with Crippen molar-refractivity contribution in [3.8, 4) is 0 Å². The van der Waals surface area contributed by atoms with Gasteiger partial charge in [-0.15, -0.1) is 0 Å². The fourth-order valence-corrected chi connectivity index (χ4v) is 7.00. The molecule has 0 unspecified atom stereocenters. The van der Waals surface area contributed by atoms with Crippen molar-refractivity contribution in [2.45, 2.75) is 82.1 Å². The molecule has 1 heterocycles. The van der Waals surface area contributed by atoms with Gasteiger partial charge < -0.3 is 10.1 Å². The third kappa shape index (κ3) is 6.22. The topological polar surface area (TPSA) is 96.0 Å². The maximum absolute atomic E-state index is 13.4. The molecule has 8 nitrogen and oxygen atoms in total. The van der Waals surface area contributed by atoms with Crippen molar-refractivity contribution in [1.29, 1.82) is 0 Å². The van der Waals surface area contributed by atoms with Gasteiger partial charge in [0.2, 0.25) is 15.9 Å². The van der Waals surface area contributed by atoms with Crippen molar-refractivity contribution in [1.82, 2.24) is 14.5 Å². The standard InChI is InChI=1S/C25H36F3N3O5S/c1-6-7-21(31(23(33)36-5)24(2,3)4)22(32)29-20-13-8-16-14-30(15-19(16)20)37(34,35)18-11-9-17(10-12-18)25(26,27)28/h9-12,16,19-21H,6-8,13-15H2,1-5H3,(H,29,32)/t16-,19+,20+,21+/m1/s1. The minimum atomic E-state index is -4.55. The fraction of sp³-hybridized carbons (Fsp3) is 0.680. The van der Waals surface area contributed by atoms with Crippen LogP contribution in [0.3, 0.4) is 0 Å². The van der Waals surface area contributed by atoms with E-state index in [2.05, 4.69) is 5.32 Å². The number of alkyl halides is 3. The Balaban J connectivity index is 1.74. The Morgan fingerprint density at radius 3 is 2.27 bits per heavy atom. The molecule has 0 bridgehead atoms. The van der Waals surface area contributed by atoms with Crippen LogP contribution in [0.5, 0.6) is 0 Å². The summed E-state index contributed by atoms with van der Waals surface area (Å²) in [5, 5.41) is 3.07. The Hall–Kier alpha value is -2.34. The molecule has 1 aliphatic carbocycles. The quantitative estimate of drug-likeness (QED) is 0.551. The van der Waals surface area contributed by atoms with Crippen molar-refractivity contribution in [2.24, 2.45) is 11.8 Å². The monoisotopic (exact) mass is 547 g/mol. The van der Waals surface area contributed by atoms with Gasteiger partial charge in [0.15, 0.2) is 0 Å². The number of nitrogens with zero attached hydrogens (tertiary/aromatic N) is 2. The second kappa shape index (κ2) is 10.8. The molecule has 2 aliphatic rings. The van der Waals surface area contributed by atoms with Gasteiger partial charge in [-0.2, -0.15) is 17.5 Å². The third-order valence-corrected chi connectivity index (χ3v) is 9.09. The van der Waals surface area contributed by atoms with Crippen molar-refractivity contribution in [3.63, 3.8) is 0 Å². The van der Waals surface area contributed by atoms with Crippen LogP contribution in [-0.2, 0) is 25.7 Å². The SMILES string of the molecule is CCC[C@@H](C(=O)N[C@H]1CC[C@@H]2CN(S(=O)(=O)c3ccc(C(F)(F)F)cc3)C[C@@H]21)N(C(=O)OC)C(C)(C)C. The molecule has 0 aromatic heterocycles. The Bertz CT molecular complexity index is 1090. The van der Waals surface area contributed by atoms with Crippen molar-refractivity contribution in [3.05, 3.63) is 29.8 Å². The number of sulfonamides is 1. The summed E-state index contributed by atoms with van der Waals surface area (Å²) >= 11 is 0. The van der Waals surface area contributed by atoms with Crippen LogP contribution >= 0.6 is 0 Å². The van der Waals surface area contributed by atoms with E-state index < -0.39 is 39.4 Å². The number of ether oxygens (including phenoxy) is 1. The highest BCUT2D eigenvalue weighted by Crippen LogP contribution is 2.41. The number of carbonyl (C=O) groups excluding carboxylic acids is 2. The van der Waals surface area contributed by atoms with Crippen LogP contribution in [0.25, 0.3) is 0 Å². The van der Waals surface area contributed by atoms with Gasteiger partial charge in [-0.25, -0.2) is 13.2 Å². The highest BCUT2D eigenvalue weighted by molar-refractivity contribution is 7.89. The first-order chi connectivity index (χ1) is 17.1. The number of fused-ring (bicyclic) bond motifs is 1. The first-order valence-corrected chi connectivity index (χ1v) is 13.9. The number of carbonyl (C=O) groups is 2. The van der Waals surface area contributed by atoms with Crippen LogP contribution in [0.2, 0.25) is 0 Å². The van der Waals surface area contributed by atoms with E-state index in [0.29, 0.717) is 25.7 Å². The van der Waals surface area contributed by atoms with Crippen LogP contribution < -0.4 is 5.32 Å².